The van der Waals surface area contributed by atoms with Crippen molar-refractivity contribution in [2.45, 2.75) is 52.4 Å². The topological polar surface area (TPSA) is 69.6 Å². The van der Waals surface area contributed by atoms with Gasteiger partial charge in [-0.1, -0.05) is 26.2 Å². The van der Waals surface area contributed by atoms with Crippen LogP contribution in [0.2, 0.25) is 0 Å². The van der Waals surface area contributed by atoms with Crippen molar-refractivity contribution in [1.29, 1.82) is 0 Å². The van der Waals surface area contributed by atoms with Gasteiger partial charge in [0.1, 0.15) is 0 Å². The van der Waals surface area contributed by atoms with Gasteiger partial charge in [0, 0.05) is 19.6 Å². The molecule has 0 aromatic rings. The van der Waals surface area contributed by atoms with Crippen LogP contribution < -0.4 is 5.32 Å². The molecule has 1 fully saturated rings. The Labute approximate surface area is 115 Å². The summed E-state index contributed by atoms with van der Waals surface area (Å²) in [5.74, 6) is -0.858. The average molecular weight is 270 g/mol. The zero-order valence-electron chi connectivity index (χ0n) is 12.1. The molecule has 1 aliphatic heterocycles. The van der Waals surface area contributed by atoms with E-state index < -0.39 is 11.4 Å². The first-order valence-corrected chi connectivity index (χ1v) is 7.26. The van der Waals surface area contributed by atoms with Gasteiger partial charge in [-0.2, -0.15) is 0 Å². The highest BCUT2D eigenvalue weighted by Gasteiger charge is 2.32. The van der Waals surface area contributed by atoms with Crippen LogP contribution in [-0.2, 0) is 4.79 Å². The molecule has 0 spiro atoms. The third-order valence-electron chi connectivity index (χ3n) is 4.07. The standard InChI is InChI=1S/C14H26N2O3/c1-3-14(2,12(17)18)11-15-13(19)16-9-7-5-4-6-8-10-16/h3-11H2,1-2H3,(H,15,19)(H,17,18). The molecule has 2 amide bonds. The summed E-state index contributed by atoms with van der Waals surface area (Å²) >= 11 is 0. The Kier molecular flexibility index (Phi) is 6.12. The number of urea groups is 1. The van der Waals surface area contributed by atoms with Crippen molar-refractivity contribution in [3.8, 4) is 0 Å². The van der Waals surface area contributed by atoms with Crippen molar-refractivity contribution in [2.24, 2.45) is 5.41 Å². The molecule has 0 radical (unpaired) electrons. The van der Waals surface area contributed by atoms with E-state index in [1.165, 1.54) is 19.3 Å². The van der Waals surface area contributed by atoms with Gasteiger partial charge in [0.05, 0.1) is 5.41 Å². The van der Waals surface area contributed by atoms with Crippen LogP contribution in [0.25, 0.3) is 0 Å². The van der Waals surface area contributed by atoms with Crippen LogP contribution in [0, 0.1) is 5.41 Å². The lowest BCUT2D eigenvalue weighted by Crippen LogP contribution is -2.47. The number of carbonyl (C=O) groups excluding carboxylic acids is 1. The maximum absolute atomic E-state index is 12.1. The van der Waals surface area contributed by atoms with E-state index in [2.05, 4.69) is 5.32 Å². The lowest BCUT2D eigenvalue weighted by Gasteiger charge is -2.28. The van der Waals surface area contributed by atoms with Crippen LogP contribution in [0.1, 0.15) is 52.4 Å². The fourth-order valence-electron chi connectivity index (χ4n) is 2.18. The Balaban J connectivity index is 2.46. The van der Waals surface area contributed by atoms with Gasteiger partial charge in [-0.05, 0) is 26.2 Å². The van der Waals surface area contributed by atoms with Crippen molar-refractivity contribution in [2.75, 3.05) is 19.6 Å². The number of amides is 2. The second-order valence-corrected chi connectivity index (χ2v) is 5.63. The second-order valence-electron chi connectivity index (χ2n) is 5.63. The molecule has 1 saturated heterocycles. The molecular weight excluding hydrogens is 244 g/mol. The van der Waals surface area contributed by atoms with E-state index in [9.17, 15) is 14.7 Å². The maximum atomic E-state index is 12.1. The number of nitrogens with one attached hydrogen (secondary N) is 1. The van der Waals surface area contributed by atoms with Gasteiger partial charge in [-0.15, -0.1) is 0 Å². The number of carbonyl (C=O) groups is 2. The van der Waals surface area contributed by atoms with Gasteiger partial charge in [0.15, 0.2) is 0 Å². The summed E-state index contributed by atoms with van der Waals surface area (Å²) in [7, 11) is 0. The summed E-state index contributed by atoms with van der Waals surface area (Å²) in [4.78, 5) is 25.1. The highest BCUT2D eigenvalue weighted by atomic mass is 16.4. The van der Waals surface area contributed by atoms with Crippen LogP contribution in [0.5, 0.6) is 0 Å². The minimum atomic E-state index is -0.877. The van der Waals surface area contributed by atoms with Crippen molar-refractivity contribution >= 4 is 12.0 Å². The third kappa shape index (κ3) is 4.73. The molecule has 0 aliphatic carbocycles. The number of rotatable bonds is 4. The number of likely N-dealkylation sites (tertiary alicyclic amines) is 1. The quantitative estimate of drug-likeness (QED) is 0.824. The third-order valence-corrected chi connectivity index (χ3v) is 4.07. The first-order chi connectivity index (χ1) is 8.99. The molecule has 1 unspecified atom stereocenters. The minimum absolute atomic E-state index is 0.122. The molecule has 110 valence electrons. The molecule has 0 bridgehead atoms. The highest BCUT2D eigenvalue weighted by Crippen LogP contribution is 2.20. The van der Waals surface area contributed by atoms with E-state index in [1.54, 1.807) is 6.92 Å². The molecule has 1 aliphatic rings. The molecule has 0 aromatic carbocycles. The normalized spacial score (nSPS) is 20.0. The first kappa shape index (κ1) is 15.8. The number of hydrogen-bond donors (Lipinski definition) is 2. The summed E-state index contributed by atoms with van der Waals surface area (Å²) in [5.41, 5.74) is -0.877. The molecular formula is C14H26N2O3. The molecule has 2 N–H and O–H groups in total. The van der Waals surface area contributed by atoms with E-state index in [1.807, 2.05) is 11.8 Å². The predicted molar refractivity (Wildman–Crippen MR) is 74.1 cm³/mol. The summed E-state index contributed by atoms with van der Waals surface area (Å²) < 4.78 is 0. The predicted octanol–water partition coefficient (Wildman–Crippen LogP) is 2.46. The molecule has 5 nitrogen and oxygen atoms in total. The maximum Gasteiger partial charge on any atom is 0.317 e. The second kappa shape index (κ2) is 7.36. The smallest absolute Gasteiger partial charge is 0.317 e. The Bertz CT molecular complexity index is 312. The van der Waals surface area contributed by atoms with Crippen LogP contribution >= 0.6 is 0 Å². The summed E-state index contributed by atoms with van der Waals surface area (Å²) in [6.07, 6.45) is 6.18. The van der Waals surface area contributed by atoms with Crippen LogP contribution in [0.15, 0.2) is 0 Å². The van der Waals surface area contributed by atoms with Crippen LogP contribution in [0.4, 0.5) is 4.79 Å². The monoisotopic (exact) mass is 270 g/mol. The van der Waals surface area contributed by atoms with E-state index in [4.69, 9.17) is 0 Å². The van der Waals surface area contributed by atoms with Gasteiger partial charge < -0.3 is 15.3 Å². The Morgan fingerprint density at radius 2 is 1.68 bits per heavy atom. The summed E-state index contributed by atoms with van der Waals surface area (Å²) in [5, 5.41) is 12.0. The SMILES string of the molecule is CCC(C)(CNC(=O)N1CCCCCCC1)C(=O)O. The molecule has 1 heterocycles. The number of hydrogen-bond acceptors (Lipinski definition) is 2. The molecule has 0 saturated carbocycles. The zero-order chi connectivity index (χ0) is 14.3. The fourth-order valence-corrected chi connectivity index (χ4v) is 2.18. The van der Waals surface area contributed by atoms with E-state index in [0.29, 0.717) is 6.42 Å². The van der Waals surface area contributed by atoms with E-state index in [-0.39, 0.29) is 12.6 Å². The highest BCUT2D eigenvalue weighted by molar-refractivity contribution is 5.77. The van der Waals surface area contributed by atoms with Crippen molar-refractivity contribution in [3.05, 3.63) is 0 Å². The molecule has 1 rings (SSSR count). The zero-order valence-corrected chi connectivity index (χ0v) is 12.1. The largest absolute Gasteiger partial charge is 0.481 e. The summed E-state index contributed by atoms with van der Waals surface area (Å²) in [6, 6.07) is -0.122. The van der Waals surface area contributed by atoms with Crippen LogP contribution in [-0.4, -0.2) is 41.6 Å². The molecule has 0 aromatic heterocycles. The Morgan fingerprint density at radius 1 is 1.16 bits per heavy atom. The van der Waals surface area contributed by atoms with E-state index in [0.717, 1.165) is 25.9 Å². The molecule has 5 heteroatoms. The number of carboxylic acid groups (broad SMARTS) is 1. The van der Waals surface area contributed by atoms with E-state index >= 15 is 0 Å². The lowest BCUT2D eigenvalue weighted by atomic mass is 9.88. The number of carboxylic acids is 1. The lowest BCUT2D eigenvalue weighted by molar-refractivity contribution is -0.147. The van der Waals surface area contributed by atoms with Gasteiger partial charge in [-0.25, -0.2) is 4.79 Å². The number of aliphatic carboxylic acids is 1. The van der Waals surface area contributed by atoms with Crippen molar-refractivity contribution < 1.29 is 14.7 Å². The summed E-state index contributed by atoms with van der Waals surface area (Å²) in [6.45, 7) is 5.25. The van der Waals surface area contributed by atoms with Gasteiger partial charge in [-0.3, -0.25) is 4.79 Å². The first-order valence-electron chi connectivity index (χ1n) is 7.26. The van der Waals surface area contributed by atoms with Gasteiger partial charge in [0.25, 0.3) is 0 Å². The number of nitrogens with zero attached hydrogens (tertiary/aromatic N) is 1. The molecule has 19 heavy (non-hydrogen) atoms. The van der Waals surface area contributed by atoms with Crippen molar-refractivity contribution in [1.82, 2.24) is 10.2 Å². The fraction of sp³-hybridized carbons (Fsp3) is 0.857. The minimum Gasteiger partial charge on any atom is -0.481 e. The van der Waals surface area contributed by atoms with Gasteiger partial charge in [0.2, 0.25) is 0 Å². The Hall–Kier alpha value is -1.26. The Morgan fingerprint density at radius 3 is 2.16 bits per heavy atom. The average Bonchev–Trinajstić information content (AvgIpc) is 2.35. The molecule has 1 atom stereocenters. The van der Waals surface area contributed by atoms with Gasteiger partial charge >= 0.3 is 12.0 Å². The van der Waals surface area contributed by atoms with Crippen LogP contribution in [0.3, 0.4) is 0 Å². The van der Waals surface area contributed by atoms with Crippen molar-refractivity contribution in [3.63, 3.8) is 0 Å².